The van der Waals surface area contributed by atoms with Crippen molar-refractivity contribution in [1.29, 1.82) is 0 Å². The van der Waals surface area contributed by atoms with Crippen LogP contribution in [-0.4, -0.2) is 0 Å². The monoisotopic (exact) mass is 178 g/mol. The molecule has 0 nitrogen and oxygen atoms in total. The molecule has 0 spiro atoms. The molecule has 2 rings (SSSR count). The van der Waals surface area contributed by atoms with Crippen molar-refractivity contribution >= 4 is 0 Å². The molecule has 2 aliphatic carbocycles. The predicted octanol–water partition coefficient (Wildman–Crippen LogP) is 4.02. The minimum atomic E-state index is 0.439. The second-order valence-electron chi connectivity index (χ2n) is 5.95. The van der Waals surface area contributed by atoms with Crippen LogP contribution in [0.2, 0.25) is 0 Å². The van der Waals surface area contributed by atoms with Crippen molar-refractivity contribution in [3.05, 3.63) is 11.1 Å². The average molecular weight is 178 g/mol. The highest BCUT2D eigenvalue weighted by Gasteiger charge is 2.58. The molecule has 2 aliphatic rings. The number of rotatable bonds is 0. The maximum absolute atomic E-state index is 2.48. The van der Waals surface area contributed by atoms with Gasteiger partial charge in [-0.3, -0.25) is 0 Å². The number of allylic oxidation sites excluding steroid dienone is 2. The van der Waals surface area contributed by atoms with E-state index in [1.807, 2.05) is 0 Å². The van der Waals surface area contributed by atoms with E-state index in [0.29, 0.717) is 10.8 Å². The van der Waals surface area contributed by atoms with Gasteiger partial charge in [0.1, 0.15) is 0 Å². The molecule has 1 fully saturated rings. The fourth-order valence-electron chi connectivity index (χ4n) is 3.67. The summed E-state index contributed by atoms with van der Waals surface area (Å²) < 4.78 is 0. The van der Waals surface area contributed by atoms with Gasteiger partial charge in [0.25, 0.3) is 0 Å². The fourth-order valence-corrected chi connectivity index (χ4v) is 3.67. The Morgan fingerprint density at radius 3 is 2.08 bits per heavy atom. The third-order valence-corrected chi connectivity index (χ3v) is 5.71. The summed E-state index contributed by atoms with van der Waals surface area (Å²) in [6.45, 7) is 14.5. The number of hydrogen-bond donors (Lipinski definition) is 0. The normalized spacial score (nSPS) is 47.5. The van der Waals surface area contributed by atoms with E-state index < -0.39 is 0 Å². The van der Waals surface area contributed by atoms with Crippen molar-refractivity contribution in [3.63, 3.8) is 0 Å². The first-order valence-electron chi connectivity index (χ1n) is 5.52. The Hall–Kier alpha value is -0.260. The molecule has 0 aromatic carbocycles. The molecule has 0 radical (unpaired) electrons. The molecule has 3 atom stereocenters. The van der Waals surface area contributed by atoms with Gasteiger partial charge in [-0.25, -0.2) is 0 Å². The van der Waals surface area contributed by atoms with Crippen LogP contribution >= 0.6 is 0 Å². The number of fused-ring (bicyclic) bond motifs is 2. The van der Waals surface area contributed by atoms with Crippen molar-refractivity contribution in [3.8, 4) is 0 Å². The van der Waals surface area contributed by atoms with Crippen molar-refractivity contribution in [2.75, 3.05) is 0 Å². The Morgan fingerprint density at radius 1 is 1.15 bits per heavy atom. The smallest absolute Gasteiger partial charge is 0.00851 e. The molecule has 0 aliphatic heterocycles. The molecule has 3 unspecified atom stereocenters. The van der Waals surface area contributed by atoms with Crippen LogP contribution in [0, 0.1) is 22.7 Å². The van der Waals surface area contributed by atoms with Crippen molar-refractivity contribution in [2.24, 2.45) is 22.7 Å². The first kappa shape index (κ1) is 9.30. The quantitative estimate of drug-likeness (QED) is 0.491. The number of hydrogen-bond acceptors (Lipinski definition) is 0. The summed E-state index contributed by atoms with van der Waals surface area (Å²) in [5.74, 6) is 1.69. The predicted molar refractivity (Wildman–Crippen MR) is 57.5 cm³/mol. The minimum Gasteiger partial charge on any atom is -0.0676 e. The summed E-state index contributed by atoms with van der Waals surface area (Å²) >= 11 is 0. The molecule has 0 heterocycles. The van der Waals surface area contributed by atoms with Crippen LogP contribution in [0.25, 0.3) is 0 Å². The van der Waals surface area contributed by atoms with E-state index in [1.165, 1.54) is 6.42 Å². The SMILES string of the molecule is CC1=C2CC(C)(C(C)C2C)C1(C)C. The third kappa shape index (κ3) is 0.782. The molecule has 0 amide bonds. The van der Waals surface area contributed by atoms with Gasteiger partial charge in [0.05, 0.1) is 0 Å². The Morgan fingerprint density at radius 2 is 1.69 bits per heavy atom. The van der Waals surface area contributed by atoms with Gasteiger partial charge < -0.3 is 0 Å². The van der Waals surface area contributed by atoms with Crippen LogP contribution in [0.15, 0.2) is 11.1 Å². The summed E-state index contributed by atoms with van der Waals surface area (Å²) in [4.78, 5) is 0. The van der Waals surface area contributed by atoms with Gasteiger partial charge in [-0.2, -0.15) is 0 Å². The Bertz CT molecular complexity index is 282. The van der Waals surface area contributed by atoms with Gasteiger partial charge >= 0.3 is 0 Å². The standard InChI is InChI=1S/C13H22/c1-8-9(2)13(6)7-11(8)10(3)12(13,4)5/h8-9H,7H2,1-6H3. The molecule has 0 saturated heterocycles. The summed E-state index contributed by atoms with van der Waals surface area (Å²) in [6.07, 6.45) is 1.36. The van der Waals surface area contributed by atoms with E-state index in [9.17, 15) is 0 Å². The van der Waals surface area contributed by atoms with Gasteiger partial charge in [0, 0.05) is 0 Å². The zero-order valence-corrected chi connectivity index (χ0v) is 9.86. The molecule has 2 bridgehead atoms. The molecule has 0 heteroatoms. The van der Waals surface area contributed by atoms with Gasteiger partial charge in [0.15, 0.2) is 0 Å². The van der Waals surface area contributed by atoms with Gasteiger partial charge in [0.2, 0.25) is 0 Å². The first-order valence-corrected chi connectivity index (χ1v) is 5.52. The van der Waals surface area contributed by atoms with Gasteiger partial charge in [-0.05, 0) is 36.0 Å². The van der Waals surface area contributed by atoms with E-state index in [2.05, 4.69) is 41.5 Å². The van der Waals surface area contributed by atoms with E-state index in [-0.39, 0.29) is 0 Å². The van der Waals surface area contributed by atoms with Crippen molar-refractivity contribution in [2.45, 2.75) is 48.0 Å². The van der Waals surface area contributed by atoms with E-state index in [4.69, 9.17) is 0 Å². The summed E-state index contributed by atoms with van der Waals surface area (Å²) in [7, 11) is 0. The van der Waals surface area contributed by atoms with E-state index in [1.54, 1.807) is 11.1 Å². The lowest BCUT2D eigenvalue weighted by molar-refractivity contribution is 0.0752. The maximum atomic E-state index is 2.48. The lowest BCUT2D eigenvalue weighted by Gasteiger charge is -2.46. The fraction of sp³-hybridized carbons (Fsp3) is 0.846. The summed E-state index contributed by atoms with van der Waals surface area (Å²) in [6, 6.07) is 0. The van der Waals surface area contributed by atoms with Gasteiger partial charge in [-0.1, -0.05) is 45.8 Å². The highest BCUT2D eigenvalue weighted by molar-refractivity contribution is 5.38. The van der Waals surface area contributed by atoms with Crippen LogP contribution in [0.5, 0.6) is 0 Å². The van der Waals surface area contributed by atoms with Crippen molar-refractivity contribution < 1.29 is 0 Å². The Labute approximate surface area is 82.4 Å². The highest BCUT2D eigenvalue weighted by Crippen LogP contribution is 2.67. The largest absolute Gasteiger partial charge is 0.0676 e. The summed E-state index contributed by atoms with van der Waals surface area (Å²) in [5.41, 5.74) is 4.42. The molecule has 0 aromatic rings. The minimum absolute atomic E-state index is 0.439. The zero-order chi connectivity index (χ0) is 10.0. The van der Waals surface area contributed by atoms with E-state index in [0.717, 1.165) is 11.8 Å². The molecule has 0 aromatic heterocycles. The van der Waals surface area contributed by atoms with Crippen molar-refractivity contribution in [1.82, 2.24) is 0 Å². The van der Waals surface area contributed by atoms with Crippen LogP contribution in [-0.2, 0) is 0 Å². The van der Waals surface area contributed by atoms with Crippen LogP contribution < -0.4 is 0 Å². The van der Waals surface area contributed by atoms with Crippen LogP contribution in [0.1, 0.15) is 48.0 Å². The van der Waals surface area contributed by atoms with E-state index >= 15 is 0 Å². The zero-order valence-electron chi connectivity index (χ0n) is 9.86. The van der Waals surface area contributed by atoms with Gasteiger partial charge in [-0.15, -0.1) is 0 Å². The maximum Gasteiger partial charge on any atom is -0.00851 e. The highest BCUT2D eigenvalue weighted by atomic mass is 14.6. The topological polar surface area (TPSA) is 0 Å². The lowest BCUT2D eigenvalue weighted by atomic mass is 9.58. The summed E-state index contributed by atoms with van der Waals surface area (Å²) in [5, 5.41) is 0. The molecular formula is C13H22. The third-order valence-electron chi connectivity index (χ3n) is 5.71. The molecule has 0 N–H and O–H groups in total. The molecule has 13 heavy (non-hydrogen) atoms. The second-order valence-corrected chi connectivity index (χ2v) is 5.95. The molecule has 1 saturated carbocycles. The molecule has 74 valence electrons. The van der Waals surface area contributed by atoms with Crippen LogP contribution in [0.3, 0.4) is 0 Å². The average Bonchev–Trinajstić information content (AvgIpc) is 2.37. The second kappa shape index (κ2) is 2.21. The van der Waals surface area contributed by atoms with Crippen LogP contribution in [0.4, 0.5) is 0 Å². The molecular weight excluding hydrogens is 156 g/mol. The lowest BCUT2D eigenvalue weighted by Crippen LogP contribution is -2.39. The Kier molecular flexibility index (Phi) is 1.58. The Balaban J connectivity index is 2.58. The first-order chi connectivity index (χ1) is 5.82.